The standard InChI is InChI=1S/C8H5ClN2O/c9-7(12)6-3-5-1-2-10-8(5)11-4-6/h1-4H,(H,10,11). The van der Waals surface area contributed by atoms with Gasteiger partial charge < -0.3 is 4.98 Å². The summed E-state index contributed by atoms with van der Waals surface area (Å²) in [4.78, 5) is 17.6. The average Bonchev–Trinajstić information content (AvgIpc) is 2.49. The van der Waals surface area contributed by atoms with Crippen LogP contribution < -0.4 is 0 Å². The maximum atomic E-state index is 10.7. The molecule has 0 unspecified atom stereocenters. The fraction of sp³-hybridized carbons (Fsp3) is 0. The summed E-state index contributed by atoms with van der Waals surface area (Å²) in [6, 6.07) is 3.54. The monoisotopic (exact) mass is 180 g/mol. The van der Waals surface area contributed by atoms with Gasteiger partial charge in [-0.05, 0) is 23.7 Å². The van der Waals surface area contributed by atoms with Crippen LogP contribution in [0.4, 0.5) is 0 Å². The molecular weight excluding hydrogens is 176 g/mol. The van der Waals surface area contributed by atoms with Gasteiger partial charge in [0.25, 0.3) is 5.24 Å². The van der Waals surface area contributed by atoms with E-state index < -0.39 is 5.24 Å². The average molecular weight is 181 g/mol. The molecule has 1 N–H and O–H groups in total. The third kappa shape index (κ3) is 1.08. The van der Waals surface area contributed by atoms with Gasteiger partial charge in [0, 0.05) is 17.8 Å². The molecule has 2 rings (SSSR count). The minimum atomic E-state index is -0.481. The fourth-order valence-corrected chi connectivity index (χ4v) is 1.15. The molecule has 0 aliphatic carbocycles. The van der Waals surface area contributed by atoms with Gasteiger partial charge in [-0.2, -0.15) is 0 Å². The summed E-state index contributed by atoms with van der Waals surface area (Å²) in [5.74, 6) is 0. The number of aromatic nitrogens is 2. The normalized spacial score (nSPS) is 10.4. The Balaban J connectivity index is 2.68. The number of fused-ring (bicyclic) bond motifs is 1. The van der Waals surface area contributed by atoms with E-state index >= 15 is 0 Å². The fourth-order valence-electron chi connectivity index (χ4n) is 1.05. The van der Waals surface area contributed by atoms with Gasteiger partial charge in [0.2, 0.25) is 0 Å². The lowest BCUT2D eigenvalue weighted by molar-refractivity contribution is 0.108. The number of carbonyl (C=O) groups is 1. The first-order valence-corrected chi connectivity index (χ1v) is 3.78. The highest BCUT2D eigenvalue weighted by atomic mass is 35.5. The van der Waals surface area contributed by atoms with Crippen molar-refractivity contribution >= 4 is 27.9 Å². The Hall–Kier alpha value is -1.35. The second kappa shape index (κ2) is 2.60. The van der Waals surface area contributed by atoms with Crippen LogP contribution in [0.2, 0.25) is 0 Å². The van der Waals surface area contributed by atoms with E-state index in [4.69, 9.17) is 11.6 Å². The molecule has 0 fully saturated rings. The van der Waals surface area contributed by atoms with Crippen molar-refractivity contribution in [2.45, 2.75) is 0 Å². The number of aromatic amines is 1. The zero-order valence-electron chi connectivity index (χ0n) is 6.04. The van der Waals surface area contributed by atoms with E-state index in [1.807, 2.05) is 6.07 Å². The highest BCUT2D eigenvalue weighted by molar-refractivity contribution is 6.67. The van der Waals surface area contributed by atoms with Crippen molar-refractivity contribution in [3.8, 4) is 0 Å². The first-order chi connectivity index (χ1) is 5.77. The van der Waals surface area contributed by atoms with E-state index in [2.05, 4.69) is 9.97 Å². The van der Waals surface area contributed by atoms with Gasteiger partial charge in [0.1, 0.15) is 5.65 Å². The summed E-state index contributed by atoms with van der Waals surface area (Å²) in [5.41, 5.74) is 1.18. The number of H-pyrrole nitrogens is 1. The number of halogens is 1. The Morgan fingerprint density at radius 1 is 1.58 bits per heavy atom. The minimum Gasteiger partial charge on any atom is -0.346 e. The molecule has 0 aliphatic rings. The lowest BCUT2D eigenvalue weighted by Crippen LogP contribution is -1.89. The van der Waals surface area contributed by atoms with Gasteiger partial charge in [-0.15, -0.1) is 0 Å². The molecule has 0 aromatic carbocycles. The van der Waals surface area contributed by atoms with Gasteiger partial charge in [0.05, 0.1) is 5.56 Å². The van der Waals surface area contributed by atoms with Crippen molar-refractivity contribution in [3.63, 3.8) is 0 Å². The lowest BCUT2D eigenvalue weighted by atomic mass is 10.2. The van der Waals surface area contributed by atoms with Crippen molar-refractivity contribution in [1.29, 1.82) is 0 Å². The zero-order valence-corrected chi connectivity index (χ0v) is 6.80. The van der Waals surface area contributed by atoms with Crippen LogP contribution in [0.5, 0.6) is 0 Å². The molecule has 12 heavy (non-hydrogen) atoms. The summed E-state index contributed by atoms with van der Waals surface area (Å²) < 4.78 is 0. The summed E-state index contributed by atoms with van der Waals surface area (Å²) in [6.07, 6.45) is 3.22. The molecule has 0 aliphatic heterocycles. The Morgan fingerprint density at radius 2 is 2.42 bits per heavy atom. The number of hydrogen-bond acceptors (Lipinski definition) is 2. The van der Waals surface area contributed by atoms with Gasteiger partial charge in [-0.25, -0.2) is 4.98 Å². The van der Waals surface area contributed by atoms with Crippen molar-refractivity contribution in [1.82, 2.24) is 9.97 Å². The molecule has 2 heterocycles. The predicted molar refractivity (Wildman–Crippen MR) is 46.3 cm³/mol. The van der Waals surface area contributed by atoms with E-state index in [0.717, 1.165) is 11.0 Å². The second-order valence-corrected chi connectivity index (χ2v) is 2.76. The summed E-state index contributed by atoms with van der Waals surface area (Å²) >= 11 is 5.28. The quantitative estimate of drug-likeness (QED) is 0.682. The molecule has 3 nitrogen and oxygen atoms in total. The Bertz CT molecular complexity index is 435. The molecule has 2 aromatic heterocycles. The molecule has 0 radical (unpaired) electrons. The minimum absolute atomic E-state index is 0.420. The van der Waals surface area contributed by atoms with Gasteiger partial charge in [0.15, 0.2) is 0 Å². The molecule has 0 bridgehead atoms. The maximum Gasteiger partial charge on any atom is 0.253 e. The largest absolute Gasteiger partial charge is 0.346 e. The number of rotatable bonds is 1. The van der Waals surface area contributed by atoms with Crippen LogP contribution in [-0.4, -0.2) is 15.2 Å². The molecule has 0 amide bonds. The molecule has 4 heteroatoms. The Kier molecular flexibility index (Phi) is 1.59. The van der Waals surface area contributed by atoms with Crippen LogP contribution in [-0.2, 0) is 0 Å². The maximum absolute atomic E-state index is 10.7. The van der Waals surface area contributed by atoms with Crippen LogP contribution >= 0.6 is 11.6 Å². The number of hydrogen-bond donors (Lipinski definition) is 1. The zero-order chi connectivity index (χ0) is 8.55. The molecule has 0 spiro atoms. The highest BCUT2D eigenvalue weighted by Crippen LogP contribution is 2.12. The van der Waals surface area contributed by atoms with Crippen LogP contribution in [0, 0.1) is 0 Å². The smallest absolute Gasteiger partial charge is 0.253 e. The van der Waals surface area contributed by atoms with E-state index in [1.165, 1.54) is 6.20 Å². The summed E-state index contributed by atoms with van der Waals surface area (Å²) in [6.45, 7) is 0. The van der Waals surface area contributed by atoms with Gasteiger partial charge in [-0.1, -0.05) is 0 Å². The molecular formula is C8H5ClN2O. The number of carbonyl (C=O) groups excluding carboxylic acids is 1. The van der Waals surface area contributed by atoms with E-state index in [1.54, 1.807) is 12.3 Å². The molecule has 0 saturated heterocycles. The van der Waals surface area contributed by atoms with Crippen LogP contribution in [0.25, 0.3) is 11.0 Å². The topological polar surface area (TPSA) is 45.8 Å². The SMILES string of the molecule is O=C(Cl)c1cnc2[nH]ccc2c1. The van der Waals surface area contributed by atoms with Crippen molar-refractivity contribution in [3.05, 3.63) is 30.1 Å². The van der Waals surface area contributed by atoms with E-state index in [9.17, 15) is 4.79 Å². The third-order valence-electron chi connectivity index (χ3n) is 1.63. The van der Waals surface area contributed by atoms with Crippen LogP contribution in [0.3, 0.4) is 0 Å². The molecule has 60 valence electrons. The number of nitrogens with one attached hydrogen (secondary N) is 1. The third-order valence-corrected chi connectivity index (χ3v) is 1.85. The molecule has 0 saturated carbocycles. The van der Waals surface area contributed by atoms with E-state index in [0.29, 0.717) is 5.56 Å². The van der Waals surface area contributed by atoms with E-state index in [-0.39, 0.29) is 0 Å². The van der Waals surface area contributed by atoms with Gasteiger partial charge >= 0.3 is 0 Å². The van der Waals surface area contributed by atoms with Crippen molar-refractivity contribution in [2.75, 3.05) is 0 Å². The van der Waals surface area contributed by atoms with Gasteiger partial charge in [-0.3, -0.25) is 4.79 Å². The number of pyridine rings is 1. The first-order valence-electron chi connectivity index (χ1n) is 3.40. The predicted octanol–water partition coefficient (Wildman–Crippen LogP) is 1.94. The lowest BCUT2D eigenvalue weighted by Gasteiger charge is -1.92. The van der Waals surface area contributed by atoms with Crippen molar-refractivity contribution in [2.24, 2.45) is 0 Å². The summed E-state index contributed by atoms with van der Waals surface area (Å²) in [5, 5.41) is 0.409. The second-order valence-electron chi connectivity index (χ2n) is 2.41. The molecule has 0 atom stereocenters. The Labute approximate surface area is 73.4 Å². The highest BCUT2D eigenvalue weighted by Gasteiger charge is 2.03. The number of nitrogens with zero attached hydrogens (tertiary/aromatic N) is 1. The first kappa shape index (κ1) is 7.31. The molecule has 2 aromatic rings. The Morgan fingerprint density at radius 3 is 3.17 bits per heavy atom. The van der Waals surface area contributed by atoms with Crippen LogP contribution in [0.1, 0.15) is 10.4 Å². The van der Waals surface area contributed by atoms with Crippen molar-refractivity contribution < 1.29 is 4.79 Å². The van der Waals surface area contributed by atoms with Crippen LogP contribution in [0.15, 0.2) is 24.5 Å². The summed E-state index contributed by atoms with van der Waals surface area (Å²) in [7, 11) is 0.